The number of nitrogens with zero attached hydrogens (tertiary/aromatic N) is 2. The Balaban J connectivity index is 2.07. The zero-order valence-corrected chi connectivity index (χ0v) is 12.1. The molecule has 1 aliphatic heterocycles. The molecule has 1 saturated heterocycles. The first-order chi connectivity index (χ1) is 10.2. The van der Waals surface area contributed by atoms with E-state index >= 15 is 0 Å². The molecule has 0 saturated carbocycles. The minimum absolute atomic E-state index is 0.0657. The number of piperazine rings is 1. The van der Waals surface area contributed by atoms with Crippen LogP contribution in [0.2, 0.25) is 0 Å². The van der Waals surface area contributed by atoms with E-state index in [9.17, 15) is 9.59 Å². The second kappa shape index (κ2) is 5.73. The molecule has 0 radical (unpaired) electrons. The summed E-state index contributed by atoms with van der Waals surface area (Å²) in [5.41, 5.74) is 2.38. The lowest BCUT2D eigenvalue weighted by atomic mass is 10.2. The summed E-state index contributed by atoms with van der Waals surface area (Å²) in [6.07, 6.45) is 0.338. The number of aryl methyl sites for hydroxylation is 1. The fourth-order valence-electron chi connectivity index (χ4n) is 2.74. The largest absolute Gasteiger partial charge is 0.420 e. The molecule has 2 heterocycles. The van der Waals surface area contributed by atoms with Crippen LogP contribution in [-0.4, -0.2) is 36.5 Å². The van der Waals surface area contributed by atoms with Gasteiger partial charge in [0.25, 0.3) is 0 Å². The van der Waals surface area contributed by atoms with Crippen LogP contribution in [0.3, 0.4) is 0 Å². The molecule has 0 spiro atoms. The number of carbonyl (C=O) groups excluding carboxylic acids is 1. The monoisotopic (exact) mass is 289 g/mol. The molecule has 3 rings (SSSR count). The lowest BCUT2D eigenvalue weighted by Crippen LogP contribution is -2.43. The van der Waals surface area contributed by atoms with Gasteiger partial charge < -0.3 is 14.6 Å². The predicted molar refractivity (Wildman–Crippen MR) is 80.9 cm³/mol. The number of carbonyl (C=O) groups is 1. The average molecular weight is 289 g/mol. The van der Waals surface area contributed by atoms with Crippen LogP contribution in [0, 0.1) is 0 Å². The Labute approximate surface area is 122 Å². The van der Waals surface area contributed by atoms with E-state index < -0.39 is 5.76 Å². The summed E-state index contributed by atoms with van der Waals surface area (Å²) in [5.74, 6) is -0.329. The molecule has 1 aliphatic rings. The average Bonchev–Trinajstić information content (AvgIpc) is 2.81. The SMILES string of the molecule is CC(=O)CCn1c(=O)oc2cccc(N3CCNCC3)c21. The van der Waals surface area contributed by atoms with Crippen molar-refractivity contribution in [3.05, 3.63) is 28.7 Å². The van der Waals surface area contributed by atoms with Gasteiger partial charge in [0.1, 0.15) is 11.3 Å². The van der Waals surface area contributed by atoms with E-state index in [1.54, 1.807) is 10.6 Å². The molecule has 0 bridgehead atoms. The lowest BCUT2D eigenvalue weighted by Gasteiger charge is -2.30. The Morgan fingerprint density at radius 2 is 2.10 bits per heavy atom. The first-order valence-electron chi connectivity index (χ1n) is 7.24. The molecule has 1 aromatic heterocycles. The Morgan fingerprint density at radius 3 is 2.81 bits per heavy atom. The second-order valence-corrected chi connectivity index (χ2v) is 5.33. The maximum atomic E-state index is 12.0. The normalized spacial score (nSPS) is 15.6. The number of anilines is 1. The number of rotatable bonds is 4. The molecule has 1 aromatic carbocycles. The summed E-state index contributed by atoms with van der Waals surface area (Å²) in [6, 6.07) is 5.71. The molecular formula is C15H19N3O3. The van der Waals surface area contributed by atoms with Crippen LogP contribution in [0.15, 0.2) is 27.4 Å². The highest BCUT2D eigenvalue weighted by Crippen LogP contribution is 2.26. The molecule has 21 heavy (non-hydrogen) atoms. The van der Waals surface area contributed by atoms with Crippen molar-refractivity contribution in [3.8, 4) is 0 Å². The number of aromatic nitrogens is 1. The van der Waals surface area contributed by atoms with Crippen LogP contribution in [-0.2, 0) is 11.3 Å². The van der Waals surface area contributed by atoms with Gasteiger partial charge in [-0.2, -0.15) is 0 Å². The number of nitrogens with one attached hydrogen (secondary N) is 1. The van der Waals surface area contributed by atoms with E-state index in [0.717, 1.165) is 37.4 Å². The minimum atomic E-state index is -0.395. The number of benzene rings is 1. The van der Waals surface area contributed by atoms with E-state index in [1.165, 1.54) is 6.92 Å². The fourth-order valence-corrected chi connectivity index (χ4v) is 2.74. The van der Waals surface area contributed by atoms with Gasteiger partial charge >= 0.3 is 5.76 Å². The van der Waals surface area contributed by atoms with Gasteiger partial charge in [-0.1, -0.05) is 6.07 Å². The topological polar surface area (TPSA) is 67.5 Å². The zero-order chi connectivity index (χ0) is 14.8. The van der Waals surface area contributed by atoms with Crippen LogP contribution in [0.4, 0.5) is 5.69 Å². The van der Waals surface area contributed by atoms with Crippen molar-refractivity contribution in [3.63, 3.8) is 0 Å². The standard InChI is InChI=1S/C15H19N3O3/c1-11(19)5-8-18-14-12(17-9-6-16-7-10-17)3-2-4-13(14)21-15(18)20/h2-4,16H,5-10H2,1H3. The van der Waals surface area contributed by atoms with Crippen LogP contribution < -0.4 is 16.0 Å². The third kappa shape index (κ3) is 2.71. The minimum Gasteiger partial charge on any atom is -0.408 e. The van der Waals surface area contributed by atoms with Gasteiger partial charge in [0, 0.05) is 39.1 Å². The Morgan fingerprint density at radius 1 is 1.33 bits per heavy atom. The molecule has 1 N–H and O–H groups in total. The predicted octanol–water partition coefficient (Wildman–Crippen LogP) is 0.983. The number of Topliss-reactive ketones (excluding diaryl/α,β-unsaturated/α-hetero) is 1. The quantitative estimate of drug-likeness (QED) is 0.909. The molecule has 6 nitrogen and oxygen atoms in total. The smallest absolute Gasteiger partial charge is 0.408 e. The molecule has 1 fully saturated rings. The van der Waals surface area contributed by atoms with Crippen molar-refractivity contribution in [2.45, 2.75) is 19.9 Å². The number of para-hydroxylation sites is 1. The molecule has 0 unspecified atom stereocenters. The summed E-state index contributed by atoms with van der Waals surface area (Å²) < 4.78 is 6.89. The molecule has 0 atom stereocenters. The molecule has 0 aliphatic carbocycles. The highest BCUT2D eigenvalue weighted by Gasteiger charge is 2.19. The van der Waals surface area contributed by atoms with Gasteiger partial charge in [0.2, 0.25) is 0 Å². The first-order valence-corrected chi connectivity index (χ1v) is 7.24. The van der Waals surface area contributed by atoms with E-state index in [4.69, 9.17) is 4.42 Å². The first kappa shape index (κ1) is 13.9. The number of oxazole rings is 1. The Kier molecular flexibility index (Phi) is 3.79. The van der Waals surface area contributed by atoms with E-state index in [2.05, 4.69) is 10.2 Å². The molecule has 6 heteroatoms. The van der Waals surface area contributed by atoms with Crippen molar-refractivity contribution in [1.29, 1.82) is 0 Å². The van der Waals surface area contributed by atoms with Gasteiger partial charge in [-0.15, -0.1) is 0 Å². The molecular weight excluding hydrogens is 270 g/mol. The van der Waals surface area contributed by atoms with Crippen molar-refractivity contribution in [2.24, 2.45) is 0 Å². The lowest BCUT2D eigenvalue weighted by molar-refractivity contribution is -0.117. The van der Waals surface area contributed by atoms with Crippen LogP contribution in [0.1, 0.15) is 13.3 Å². The summed E-state index contributed by atoms with van der Waals surface area (Å²) >= 11 is 0. The molecule has 2 aromatic rings. The fraction of sp³-hybridized carbons (Fsp3) is 0.467. The van der Waals surface area contributed by atoms with Crippen molar-refractivity contribution >= 4 is 22.6 Å². The second-order valence-electron chi connectivity index (χ2n) is 5.33. The number of hydrogen-bond donors (Lipinski definition) is 1. The summed E-state index contributed by atoms with van der Waals surface area (Å²) in [4.78, 5) is 25.5. The van der Waals surface area contributed by atoms with Crippen molar-refractivity contribution in [1.82, 2.24) is 9.88 Å². The number of hydrogen-bond acceptors (Lipinski definition) is 5. The van der Waals surface area contributed by atoms with Crippen molar-refractivity contribution in [2.75, 3.05) is 31.1 Å². The maximum absolute atomic E-state index is 12.0. The van der Waals surface area contributed by atoms with Crippen LogP contribution in [0.5, 0.6) is 0 Å². The van der Waals surface area contributed by atoms with Crippen molar-refractivity contribution < 1.29 is 9.21 Å². The third-order valence-corrected chi connectivity index (χ3v) is 3.81. The third-order valence-electron chi connectivity index (χ3n) is 3.81. The van der Waals surface area contributed by atoms with Crippen LogP contribution in [0.25, 0.3) is 11.1 Å². The zero-order valence-electron chi connectivity index (χ0n) is 12.1. The summed E-state index contributed by atoms with van der Waals surface area (Å²) in [5, 5.41) is 3.31. The number of ketones is 1. The Bertz CT molecular complexity index is 711. The molecule has 0 amide bonds. The van der Waals surface area contributed by atoms with E-state index in [1.807, 2.05) is 12.1 Å². The summed E-state index contributed by atoms with van der Waals surface area (Å²) in [6.45, 7) is 5.53. The number of fused-ring (bicyclic) bond motifs is 1. The van der Waals surface area contributed by atoms with Gasteiger partial charge in [-0.05, 0) is 19.1 Å². The van der Waals surface area contributed by atoms with Gasteiger partial charge in [0.15, 0.2) is 5.58 Å². The highest BCUT2D eigenvalue weighted by atomic mass is 16.4. The van der Waals surface area contributed by atoms with Gasteiger partial charge in [-0.3, -0.25) is 9.36 Å². The maximum Gasteiger partial charge on any atom is 0.420 e. The van der Waals surface area contributed by atoms with Crippen LogP contribution >= 0.6 is 0 Å². The summed E-state index contributed by atoms with van der Waals surface area (Å²) in [7, 11) is 0. The highest BCUT2D eigenvalue weighted by molar-refractivity contribution is 5.88. The van der Waals surface area contributed by atoms with Gasteiger partial charge in [-0.25, -0.2) is 4.79 Å². The Hall–Kier alpha value is -2.08. The van der Waals surface area contributed by atoms with E-state index in [0.29, 0.717) is 18.5 Å². The molecule has 112 valence electrons. The van der Waals surface area contributed by atoms with E-state index in [-0.39, 0.29) is 5.78 Å². The van der Waals surface area contributed by atoms with Gasteiger partial charge in [0.05, 0.1) is 5.69 Å².